The molecule has 0 N–H and O–H groups in total. The van der Waals surface area contributed by atoms with Gasteiger partial charge in [0.2, 0.25) is 0 Å². The Morgan fingerprint density at radius 2 is 1.79 bits per heavy atom. The molecule has 0 aliphatic heterocycles. The zero-order valence-electron chi connectivity index (χ0n) is 9.15. The molecule has 2 atom stereocenters. The molecule has 0 aromatic rings. The molecule has 0 bridgehead atoms. The number of hydrogen-bond donors (Lipinski definition) is 0. The zero-order chi connectivity index (χ0) is 10.2. The minimum atomic E-state index is 0.131. The van der Waals surface area contributed by atoms with E-state index in [9.17, 15) is 0 Å². The molecule has 76 valence electrons. The third-order valence-electron chi connectivity index (χ3n) is 4.21. The summed E-state index contributed by atoms with van der Waals surface area (Å²) in [5.74, 6) is 8.37. The molecule has 3 aliphatic carbocycles. The lowest BCUT2D eigenvalue weighted by molar-refractivity contribution is 0.314. The van der Waals surface area contributed by atoms with Gasteiger partial charge in [-0.1, -0.05) is 18.3 Å². The summed E-state index contributed by atoms with van der Waals surface area (Å²) < 4.78 is 0. The molecule has 2 unspecified atom stereocenters. The molecule has 0 spiro atoms. The second-order valence-electron chi connectivity index (χ2n) is 6.17. The Hall–Kier alpha value is -0.150. The normalized spacial score (nSPS) is 52.9. The Balaban J connectivity index is 1.86. The number of hydrogen-bond acceptors (Lipinski definition) is 0. The van der Waals surface area contributed by atoms with Crippen molar-refractivity contribution in [3.63, 3.8) is 0 Å². The molecular weight excluding hydrogens is 192 g/mol. The fourth-order valence-electron chi connectivity index (χ4n) is 3.48. The maximum absolute atomic E-state index is 6.57. The smallest absolute Gasteiger partial charge is 0.0705 e. The van der Waals surface area contributed by atoms with Crippen molar-refractivity contribution in [3.8, 4) is 11.8 Å². The first kappa shape index (κ1) is 9.10. The molecule has 0 saturated heterocycles. The third-order valence-corrected chi connectivity index (χ3v) is 5.05. The van der Waals surface area contributed by atoms with E-state index in [0.29, 0.717) is 0 Å². The van der Waals surface area contributed by atoms with Gasteiger partial charge in [0.05, 0.1) is 10.3 Å². The zero-order valence-corrected chi connectivity index (χ0v) is 9.91. The van der Waals surface area contributed by atoms with Gasteiger partial charge in [0.1, 0.15) is 0 Å². The van der Waals surface area contributed by atoms with Crippen molar-refractivity contribution in [2.75, 3.05) is 0 Å². The molecule has 3 aliphatic rings. The van der Waals surface area contributed by atoms with E-state index in [1.54, 1.807) is 0 Å². The highest BCUT2D eigenvalue weighted by atomic mass is 35.5. The fourth-order valence-corrected chi connectivity index (χ4v) is 4.24. The Morgan fingerprint density at radius 3 is 2.21 bits per heavy atom. The molecule has 0 radical (unpaired) electrons. The topological polar surface area (TPSA) is 0 Å². The van der Waals surface area contributed by atoms with Crippen LogP contribution in [0.1, 0.15) is 40.0 Å². The number of halogens is 1. The van der Waals surface area contributed by atoms with Gasteiger partial charge in [-0.05, 0) is 45.4 Å². The van der Waals surface area contributed by atoms with Gasteiger partial charge in [-0.3, -0.25) is 0 Å². The highest BCUT2D eigenvalue weighted by Crippen LogP contribution is 2.94. The van der Waals surface area contributed by atoms with Crippen LogP contribution in [0.3, 0.4) is 0 Å². The first-order valence-corrected chi connectivity index (χ1v) is 6.04. The Kier molecular flexibility index (Phi) is 1.41. The highest BCUT2D eigenvalue weighted by molar-refractivity contribution is 6.31. The van der Waals surface area contributed by atoms with Crippen molar-refractivity contribution in [1.82, 2.24) is 0 Å². The Morgan fingerprint density at radius 1 is 1.21 bits per heavy atom. The summed E-state index contributed by atoms with van der Waals surface area (Å²) in [5.41, 5.74) is 0.409. The Bertz CT molecular complexity index is 338. The van der Waals surface area contributed by atoms with E-state index >= 15 is 0 Å². The number of alkyl halides is 1. The van der Waals surface area contributed by atoms with E-state index in [0.717, 1.165) is 11.8 Å². The molecule has 0 amide bonds. The van der Waals surface area contributed by atoms with Crippen molar-refractivity contribution in [2.45, 2.75) is 44.9 Å². The van der Waals surface area contributed by atoms with E-state index in [1.807, 2.05) is 0 Å². The van der Waals surface area contributed by atoms with Crippen molar-refractivity contribution in [3.05, 3.63) is 0 Å². The minimum Gasteiger partial charge on any atom is -0.117 e. The van der Waals surface area contributed by atoms with Gasteiger partial charge in [0, 0.05) is 5.41 Å². The quantitative estimate of drug-likeness (QED) is 0.423. The van der Waals surface area contributed by atoms with Gasteiger partial charge in [-0.2, -0.15) is 0 Å². The fraction of sp³-hybridized carbons (Fsp3) is 0.846. The van der Waals surface area contributed by atoms with Crippen LogP contribution in [0.2, 0.25) is 0 Å². The average molecular weight is 209 g/mol. The van der Waals surface area contributed by atoms with Crippen LogP contribution in [-0.2, 0) is 0 Å². The van der Waals surface area contributed by atoms with E-state index < -0.39 is 0 Å². The van der Waals surface area contributed by atoms with Crippen molar-refractivity contribution >= 4 is 11.6 Å². The van der Waals surface area contributed by atoms with Gasteiger partial charge < -0.3 is 0 Å². The largest absolute Gasteiger partial charge is 0.117 e. The van der Waals surface area contributed by atoms with Crippen LogP contribution in [0, 0.1) is 34.5 Å². The summed E-state index contributed by atoms with van der Waals surface area (Å²) >= 11 is 6.57. The summed E-state index contributed by atoms with van der Waals surface area (Å²) in [4.78, 5) is 0.142. The highest BCUT2D eigenvalue weighted by Gasteiger charge is 2.97. The lowest BCUT2D eigenvalue weighted by atomic mass is 9.82. The maximum atomic E-state index is 6.57. The van der Waals surface area contributed by atoms with Crippen molar-refractivity contribution < 1.29 is 0 Å². The van der Waals surface area contributed by atoms with E-state index in [1.165, 1.54) is 19.3 Å². The molecule has 0 aromatic carbocycles. The summed E-state index contributed by atoms with van der Waals surface area (Å²) in [7, 11) is 0. The minimum absolute atomic E-state index is 0.131. The summed E-state index contributed by atoms with van der Waals surface area (Å²) in [5, 5.41) is 0. The first-order chi connectivity index (χ1) is 6.43. The third kappa shape index (κ3) is 0.797. The lowest BCUT2D eigenvalue weighted by Gasteiger charge is -2.23. The SMILES string of the molecule is CC(C)(C)C#CC12C3CCCC1C32Cl. The summed E-state index contributed by atoms with van der Waals surface area (Å²) in [6.45, 7) is 6.52. The molecule has 3 rings (SSSR count). The Labute approximate surface area is 91.4 Å². The molecular formula is C13H17Cl. The maximum Gasteiger partial charge on any atom is 0.0705 e. The van der Waals surface area contributed by atoms with Crippen LogP contribution >= 0.6 is 11.6 Å². The van der Waals surface area contributed by atoms with Gasteiger partial charge in [0.15, 0.2) is 0 Å². The van der Waals surface area contributed by atoms with Crippen LogP contribution in [0.4, 0.5) is 0 Å². The predicted molar refractivity (Wildman–Crippen MR) is 59.1 cm³/mol. The number of rotatable bonds is 0. The molecule has 0 heterocycles. The van der Waals surface area contributed by atoms with Crippen LogP contribution in [0.25, 0.3) is 0 Å². The summed E-state index contributed by atoms with van der Waals surface area (Å²) in [6, 6.07) is 0. The monoisotopic (exact) mass is 208 g/mol. The van der Waals surface area contributed by atoms with E-state index in [2.05, 4.69) is 32.6 Å². The lowest BCUT2D eigenvalue weighted by Crippen LogP contribution is -2.19. The van der Waals surface area contributed by atoms with E-state index in [-0.39, 0.29) is 15.7 Å². The van der Waals surface area contributed by atoms with Crippen LogP contribution < -0.4 is 0 Å². The second-order valence-corrected chi connectivity index (χ2v) is 6.80. The molecule has 1 heteroatoms. The standard InChI is InChI=1S/C13H17Cl/c1-11(2,3)7-8-12-9-5-4-6-10(12)13(9,12)14/h9-10H,4-6H2,1-3H3. The second kappa shape index (κ2) is 2.17. The molecule has 14 heavy (non-hydrogen) atoms. The van der Waals surface area contributed by atoms with E-state index in [4.69, 9.17) is 11.6 Å². The van der Waals surface area contributed by atoms with Crippen LogP contribution in [0.15, 0.2) is 0 Å². The first-order valence-electron chi connectivity index (χ1n) is 5.66. The van der Waals surface area contributed by atoms with Gasteiger partial charge in [-0.25, -0.2) is 0 Å². The molecule has 0 nitrogen and oxygen atoms in total. The summed E-state index contributed by atoms with van der Waals surface area (Å²) in [6.07, 6.45) is 4.01. The van der Waals surface area contributed by atoms with Gasteiger partial charge in [-0.15, -0.1) is 11.6 Å². The van der Waals surface area contributed by atoms with Crippen LogP contribution in [0.5, 0.6) is 0 Å². The van der Waals surface area contributed by atoms with Gasteiger partial charge >= 0.3 is 0 Å². The molecule has 3 saturated carbocycles. The average Bonchev–Trinajstić information content (AvgIpc) is 2.86. The van der Waals surface area contributed by atoms with Crippen LogP contribution in [-0.4, -0.2) is 4.87 Å². The van der Waals surface area contributed by atoms with Gasteiger partial charge in [0.25, 0.3) is 0 Å². The van der Waals surface area contributed by atoms with Crippen molar-refractivity contribution in [2.24, 2.45) is 22.7 Å². The molecule has 3 fully saturated rings. The van der Waals surface area contributed by atoms with Crippen molar-refractivity contribution in [1.29, 1.82) is 0 Å². The number of fused-ring (bicyclic) bond motifs is 2. The molecule has 0 aromatic heterocycles. The predicted octanol–water partition coefficient (Wildman–Crippen LogP) is 3.44.